The monoisotopic (exact) mass is 259 g/mol. The SMILES string of the molecule is O=C(Cl)c1cc(C(F)F)c(Cl)c(Cl)n1. The Morgan fingerprint density at radius 3 is 2.43 bits per heavy atom. The lowest BCUT2D eigenvalue weighted by Gasteiger charge is -2.05. The van der Waals surface area contributed by atoms with Crippen LogP contribution in [0, 0.1) is 0 Å². The van der Waals surface area contributed by atoms with Gasteiger partial charge in [-0.15, -0.1) is 0 Å². The third kappa shape index (κ3) is 2.32. The number of aromatic nitrogens is 1. The highest BCUT2D eigenvalue weighted by Gasteiger charge is 2.19. The van der Waals surface area contributed by atoms with Gasteiger partial charge in [-0.05, 0) is 17.7 Å². The van der Waals surface area contributed by atoms with Crippen molar-refractivity contribution in [3.63, 3.8) is 0 Å². The molecule has 0 atom stereocenters. The molecular weight excluding hydrogens is 258 g/mol. The average molecular weight is 260 g/mol. The number of carbonyl (C=O) groups is 1. The van der Waals surface area contributed by atoms with E-state index in [1.807, 2.05) is 0 Å². The van der Waals surface area contributed by atoms with Gasteiger partial charge in [0.2, 0.25) is 0 Å². The van der Waals surface area contributed by atoms with Crippen LogP contribution in [0.2, 0.25) is 10.2 Å². The lowest BCUT2D eigenvalue weighted by molar-refractivity contribution is 0.107. The Kier molecular flexibility index (Phi) is 3.64. The predicted octanol–water partition coefficient (Wildman–Crippen LogP) is 3.71. The van der Waals surface area contributed by atoms with Gasteiger partial charge in [0.1, 0.15) is 10.8 Å². The molecule has 1 aromatic rings. The second-order valence-corrected chi connectivity index (χ2v) is 3.36. The van der Waals surface area contributed by atoms with Crippen LogP contribution in [0.15, 0.2) is 6.07 Å². The summed E-state index contributed by atoms with van der Waals surface area (Å²) in [4.78, 5) is 14.1. The maximum absolute atomic E-state index is 12.3. The first-order valence-corrected chi connectivity index (χ1v) is 4.40. The number of hydrogen-bond acceptors (Lipinski definition) is 2. The van der Waals surface area contributed by atoms with Crippen LogP contribution in [0.5, 0.6) is 0 Å². The Morgan fingerprint density at radius 1 is 1.43 bits per heavy atom. The summed E-state index contributed by atoms with van der Waals surface area (Å²) in [5.41, 5.74) is -0.910. The summed E-state index contributed by atoms with van der Waals surface area (Å²) in [7, 11) is 0. The molecule has 0 amide bonds. The first-order chi connectivity index (χ1) is 6.43. The smallest absolute Gasteiger partial charge is 0.270 e. The minimum atomic E-state index is -2.84. The second kappa shape index (κ2) is 4.38. The fourth-order valence-electron chi connectivity index (χ4n) is 0.776. The van der Waals surface area contributed by atoms with Crippen LogP contribution < -0.4 is 0 Å². The fourth-order valence-corrected chi connectivity index (χ4v) is 1.25. The van der Waals surface area contributed by atoms with E-state index in [1.54, 1.807) is 0 Å². The van der Waals surface area contributed by atoms with E-state index in [-0.39, 0.29) is 15.9 Å². The summed E-state index contributed by atoms with van der Waals surface area (Å²) < 4.78 is 24.7. The molecule has 0 aliphatic rings. The molecule has 2 nitrogen and oxygen atoms in total. The Morgan fingerprint density at radius 2 is 2.00 bits per heavy atom. The van der Waals surface area contributed by atoms with Crippen LogP contribution in [0.4, 0.5) is 8.78 Å². The van der Waals surface area contributed by atoms with Crippen molar-refractivity contribution in [1.82, 2.24) is 4.98 Å². The van der Waals surface area contributed by atoms with E-state index in [9.17, 15) is 13.6 Å². The molecule has 0 aliphatic heterocycles. The molecule has 14 heavy (non-hydrogen) atoms. The van der Waals surface area contributed by atoms with Gasteiger partial charge in [0.25, 0.3) is 11.7 Å². The molecular formula is C7H2Cl3F2NO. The van der Waals surface area contributed by atoms with E-state index in [2.05, 4.69) is 4.98 Å². The fraction of sp³-hybridized carbons (Fsp3) is 0.143. The molecule has 0 saturated heterocycles. The average Bonchev–Trinajstić information content (AvgIpc) is 2.08. The number of rotatable bonds is 2. The molecule has 0 saturated carbocycles. The molecule has 1 rings (SSSR count). The third-order valence-electron chi connectivity index (χ3n) is 1.38. The Balaban J connectivity index is 3.35. The number of alkyl halides is 2. The van der Waals surface area contributed by atoms with Crippen molar-refractivity contribution in [3.05, 3.63) is 27.5 Å². The van der Waals surface area contributed by atoms with Crippen molar-refractivity contribution in [2.75, 3.05) is 0 Å². The molecule has 76 valence electrons. The predicted molar refractivity (Wildman–Crippen MR) is 49.4 cm³/mol. The van der Waals surface area contributed by atoms with Gasteiger partial charge in [-0.25, -0.2) is 13.8 Å². The zero-order chi connectivity index (χ0) is 10.9. The van der Waals surface area contributed by atoms with Gasteiger partial charge < -0.3 is 0 Å². The summed E-state index contributed by atoms with van der Waals surface area (Å²) in [5, 5.41) is -1.71. The van der Waals surface area contributed by atoms with E-state index in [1.165, 1.54) is 0 Å². The van der Waals surface area contributed by atoms with Gasteiger partial charge in [-0.2, -0.15) is 0 Å². The van der Waals surface area contributed by atoms with Gasteiger partial charge in [0.15, 0.2) is 0 Å². The molecule has 0 bridgehead atoms. The minimum Gasteiger partial charge on any atom is -0.274 e. The van der Waals surface area contributed by atoms with Gasteiger partial charge in [0.05, 0.1) is 5.02 Å². The standard InChI is InChI=1S/C7H2Cl3F2NO/c8-4-2(7(11)12)1-3(6(10)14)13-5(4)9/h1,7H. The minimum absolute atomic E-state index is 0.351. The van der Waals surface area contributed by atoms with Crippen molar-refractivity contribution in [2.24, 2.45) is 0 Å². The highest BCUT2D eigenvalue weighted by atomic mass is 35.5. The number of pyridine rings is 1. The van der Waals surface area contributed by atoms with Crippen LogP contribution in [0.3, 0.4) is 0 Å². The van der Waals surface area contributed by atoms with Crippen molar-refractivity contribution < 1.29 is 13.6 Å². The van der Waals surface area contributed by atoms with E-state index in [0.29, 0.717) is 0 Å². The van der Waals surface area contributed by atoms with E-state index < -0.39 is 17.2 Å². The summed E-state index contributed by atoms with van der Waals surface area (Å²) in [6.07, 6.45) is -2.84. The van der Waals surface area contributed by atoms with Crippen LogP contribution >= 0.6 is 34.8 Å². The van der Waals surface area contributed by atoms with E-state index in [4.69, 9.17) is 34.8 Å². The second-order valence-electron chi connectivity index (χ2n) is 2.28. The first kappa shape index (κ1) is 11.6. The van der Waals surface area contributed by atoms with Crippen LogP contribution in [0.1, 0.15) is 22.5 Å². The normalized spacial score (nSPS) is 10.7. The van der Waals surface area contributed by atoms with Crippen LogP contribution in [0.25, 0.3) is 0 Å². The molecule has 0 fully saturated rings. The molecule has 0 spiro atoms. The molecule has 1 aromatic heterocycles. The maximum atomic E-state index is 12.3. The molecule has 0 radical (unpaired) electrons. The number of halogens is 5. The van der Waals surface area contributed by atoms with E-state index in [0.717, 1.165) is 6.07 Å². The number of nitrogens with zero attached hydrogens (tertiary/aromatic N) is 1. The molecule has 7 heteroatoms. The Bertz CT molecular complexity index is 383. The number of carbonyl (C=O) groups excluding carboxylic acids is 1. The van der Waals surface area contributed by atoms with Crippen LogP contribution in [-0.4, -0.2) is 10.2 Å². The van der Waals surface area contributed by atoms with Crippen molar-refractivity contribution in [3.8, 4) is 0 Å². The Hall–Kier alpha value is -0.450. The molecule has 0 unspecified atom stereocenters. The largest absolute Gasteiger partial charge is 0.274 e. The zero-order valence-electron chi connectivity index (χ0n) is 6.40. The summed E-state index contributed by atoms with van der Waals surface area (Å²) in [6, 6.07) is 0.814. The highest BCUT2D eigenvalue weighted by Crippen LogP contribution is 2.32. The van der Waals surface area contributed by atoms with Crippen molar-refractivity contribution >= 4 is 40.0 Å². The molecule has 0 aromatic carbocycles. The lowest BCUT2D eigenvalue weighted by atomic mass is 10.2. The summed E-state index contributed by atoms with van der Waals surface area (Å²) in [6.45, 7) is 0. The molecule has 0 N–H and O–H groups in total. The van der Waals surface area contributed by atoms with Gasteiger partial charge in [-0.1, -0.05) is 23.2 Å². The van der Waals surface area contributed by atoms with Crippen molar-refractivity contribution in [2.45, 2.75) is 6.43 Å². The third-order valence-corrected chi connectivity index (χ3v) is 2.34. The number of hydrogen-bond donors (Lipinski definition) is 0. The lowest BCUT2D eigenvalue weighted by Crippen LogP contribution is -1.99. The maximum Gasteiger partial charge on any atom is 0.270 e. The van der Waals surface area contributed by atoms with E-state index >= 15 is 0 Å². The zero-order valence-corrected chi connectivity index (χ0v) is 8.67. The topological polar surface area (TPSA) is 30.0 Å². The molecule has 1 heterocycles. The van der Waals surface area contributed by atoms with Crippen LogP contribution in [-0.2, 0) is 0 Å². The van der Waals surface area contributed by atoms with Gasteiger partial charge in [0, 0.05) is 5.56 Å². The first-order valence-electron chi connectivity index (χ1n) is 3.27. The van der Waals surface area contributed by atoms with Crippen molar-refractivity contribution in [1.29, 1.82) is 0 Å². The summed E-state index contributed by atoms with van der Waals surface area (Å²) in [5.74, 6) is 0. The van der Waals surface area contributed by atoms with Gasteiger partial charge >= 0.3 is 0 Å². The quantitative estimate of drug-likeness (QED) is 0.599. The molecule has 0 aliphatic carbocycles. The Labute approximate surface area is 92.8 Å². The highest BCUT2D eigenvalue weighted by molar-refractivity contribution is 6.67. The van der Waals surface area contributed by atoms with Gasteiger partial charge in [-0.3, -0.25) is 4.79 Å². The summed E-state index contributed by atoms with van der Waals surface area (Å²) >= 11 is 15.9.